The van der Waals surface area contributed by atoms with Gasteiger partial charge in [-0.3, -0.25) is 19.6 Å². The Hall–Kier alpha value is -3.64. The van der Waals surface area contributed by atoms with E-state index < -0.39 is 0 Å². The van der Waals surface area contributed by atoms with Crippen molar-refractivity contribution >= 4 is 34.8 Å². The summed E-state index contributed by atoms with van der Waals surface area (Å²) in [6.45, 7) is 6.55. The van der Waals surface area contributed by atoms with Gasteiger partial charge in [-0.1, -0.05) is 53.5 Å². The maximum atomic E-state index is 13.4. The molecule has 1 fully saturated rings. The van der Waals surface area contributed by atoms with Crippen molar-refractivity contribution in [2.45, 2.75) is 32.9 Å². The van der Waals surface area contributed by atoms with Crippen molar-refractivity contribution in [2.75, 3.05) is 51.8 Å². The van der Waals surface area contributed by atoms with Crippen molar-refractivity contribution in [1.82, 2.24) is 24.8 Å². The second-order valence-electron chi connectivity index (χ2n) is 12.1. The fourth-order valence-electron chi connectivity index (χ4n) is 6.42. The molecule has 47 heavy (non-hydrogen) atoms. The highest BCUT2D eigenvalue weighted by Gasteiger charge is 2.25. The van der Waals surface area contributed by atoms with Gasteiger partial charge in [0.05, 0.1) is 47.0 Å². The molecule has 1 unspecified atom stereocenters. The molecule has 4 heterocycles. The molecule has 0 aliphatic carbocycles. The van der Waals surface area contributed by atoms with Crippen LogP contribution in [0.5, 0.6) is 5.88 Å². The lowest BCUT2D eigenvalue weighted by Gasteiger charge is -2.28. The third kappa shape index (κ3) is 7.13. The van der Waals surface area contributed by atoms with Gasteiger partial charge in [0.2, 0.25) is 5.88 Å². The number of aliphatic hydroxyl groups is 2. The van der Waals surface area contributed by atoms with Gasteiger partial charge in [0.15, 0.2) is 0 Å². The number of ether oxygens (including phenoxy) is 1. The predicted molar refractivity (Wildman–Crippen MR) is 183 cm³/mol. The van der Waals surface area contributed by atoms with Gasteiger partial charge in [-0.2, -0.15) is 0 Å². The molecule has 10 nitrogen and oxygen atoms in total. The van der Waals surface area contributed by atoms with Crippen LogP contribution >= 0.6 is 23.2 Å². The predicted octanol–water partition coefficient (Wildman–Crippen LogP) is 5.25. The summed E-state index contributed by atoms with van der Waals surface area (Å²) in [6.07, 6.45) is 3.48. The number of fused-ring (bicyclic) bond motifs is 1. The zero-order valence-corrected chi connectivity index (χ0v) is 28.0. The smallest absolute Gasteiger partial charge is 0.274 e. The number of aromatic nitrogens is 3. The average molecular weight is 678 g/mol. The number of carbonyl (C=O) groups is 1. The highest BCUT2D eigenvalue weighted by Crippen LogP contribution is 2.41. The van der Waals surface area contributed by atoms with Crippen LogP contribution in [0, 0.1) is 12.8 Å². The number of hydrogen-bond acceptors (Lipinski definition) is 9. The summed E-state index contributed by atoms with van der Waals surface area (Å²) in [6, 6.07) is 12.8. The van der Waals surface area contributed by atoms with Crippen molar-refractivity contribution in [3.63, 3.8) is 0 Å². The number of aliphatic hydroxyl groups excluding tert-OH is 2. The molecule has 0 bridgehead atoms. The van der Waals surface area contributed by atoms with Gasteiger partial charge in [-0.15, -0.1) is 0 Å². The van der Waals surface area contributed by atoms with E-state index in [9.17, 15) is 15.0 Å². The van der Waals surface area contributed by atoms with E-state index in [1.165, 1.54) is 0 Å². The van der Waals surface area contributed by atoms with Gasteiger partial charge < -0.3 is 20.3 Å². The van der Waals surface area contributed by atoms with E-state index in [1.807, 2.05) is 43.3 Å². The third-order valence-corrected chi connectivity index (χ3v) is 9.77. The minimum Gasteiger partial charge on any atom is -0.480 e. The van der Waals surface area contributed by atoms with Crippen LogP contribution in [0.3, 0.4) is 0 Å². The number of aryl methyl sites for hydroxylation is 1. The fourth-order valence-corrected chi connectivity index (χ4v) is 7.02. The number of likely N-dealkylation sites (tertiary alicyclic amines) is 1. The normalized spacial score (nSPS) is 16.7. The van der Waals surface area contributed by atoms with Crippen LogP contribution in [-0.2, 0) is 19.5 Å². The van der Waals surface area contributed by atoms with Gasteiger partial charge >= 0.3 is 0 Å². The number of rotatable bonds is 10. The summed E-state index contributed by atoms with van der Waals surface area (Å²) in [5.74, 6) is 0.339. The Bertz CT molecular complexity index is 1790. The molecular weight excluding hydrogens is 639 g/mol. The van der Waals surface area contributed by atoms with Gasteiger partial charge in [0.25, 0.3) is 5.91 Å². The number of carbonyl (C=O) groups excluding carboxylic acids is 1. The molecule has 3 N–H and O–H groups in total. The molecule has 0 radical (unpaired) electrons. The van der Waals surface area contributed by atoms with E-state index in [-0.39, 0.29) is 25.0 Å². The molecule has 4 aromatic rings. The molecule has 2 aliphatic rings. The molecule has 1 saturated heterocycles. The van der Waals surface area contributed by atoms with Crippen LogP contribution in [0.1, 0.15) is 39.4 Å². The lowest BCUT2D eigenvalue weighted by atomic mass is 9.98. The molecule has 2 aromatic carbocycles. The van der Waals surface area contributed by atoms with Crippen LogP contribution in [0.15, 0.2) is 48.7 Å². The summed E-state index contributed by atoms with van der Waals surface area (Å²) in [7, 11) is 1.57. The molecule has 0 saturated carbocycles. The summed E-state index contributed by atoms with van der Waals surface area (Å²) in [5.41, 5.74) is 7.04. The molecule has 1 amide bonds. The summed E-state index contributed by atoms with van der Waals surface area (Å²) in [5, 5.41) is 22.6. The monoisotopic (exact) mass is 676 g/mol. The second-order valence-corrected chi connectivity index (χ2v) is 12.8. The molecule has 2 aliphatic heterocycles. The Morgan fingerprint density at radius 1 is 1.04 bits per heavy atom. The maximum absolute atomic E-state index is 13.4. The van der Waals surface area contributed by atoms with Crippen LogP contribution in [0.25, 0.3) is 22.4 Å². The zero-order chi connectivity index (χ0) is 33.1. The molecule has 0 spiro atoms. The first-order valence-electron chi connectivity index (χ1n) is 15.7. The topological polar surface area (TPSA) is 124 Å². The summed E-state index contributed by atoms with van der Waals surface area (Å²) in [4.78, 5) is 31.9. The number of β-amino-alcohol motifs (C(OH)–C–C–N with tert-alkyl or cyclic N) is 1. The molecule has 2 aromatic heterocycles. The number of nitrogens with one attached hydrogen (secondary N) is 1. The van der Waals surface area contributed by atoms with Crippen molar-refractivity contribution in [2.24, 2.45) is 5.92 Å². The average Bonchev–Trinajstić information content (AvgIpc) is 3.54. The van der Waals surface area contributed by atoms with Crippen LogP contribution in [0.2, 0.25) is 10.0 Å². The first-order chi connectivity index (χ1) is 22.8. The van der Waals surface area contributed by atoms with Gasteiger partial charge in [0.1, 0.15) is 11.4 Å². The maximum Gasteiger partial charge on any atom is 0.274 e. The highest BCUT2D eigenvalue weighted by atomic mass is 35.5. The second kappa shape index (κ2) is 14.6. The van der Waals surface area contributed by atoms with Crippen molar-refractivity contribution in [3.8, 4) is 28.3 Å². The van der Waals surface area contributed by atoms with E-state index in [0.29, 0.717) is 69.3 Å². The third-order valence-electron chi connectivity index (χ3n) is 8.95. The molecule has 6 rings (SSSR count). The van der Waals surface area contributed by atoms with Gasteiger partial charge in [-0.25, -0.2) is 9.97 Å². The van der Waals surface area contributed by atoms with Crippen LogP contribution < -0.4 is 10.1 Å². The zero-order valence-electron chi connectivity index (χ0n) is 26.5. The summed E-state index contributed by atoms with van der Waals surface area (Å²) >= 11 is 13.9. The van der Waals surface area contributed by atoms with E-state index in [4.69, 9.17) is 37.9 Å². The van der Waals surface area contributed by atoms with Crippen LogP contribution in [0.4, 0.5) is 5.69 Å². The number of methoxy groups -OCH3 is 1. The number of anilines is 1. The van der Waals surface area contributed by atoms with E-state index >= 15 is 0 Å². The van der Waals surface area contributed by atoms with Crippen molar-refractivity contribution < 1.29 is 19.7 Å². The number of pyridine rings is 1. The Morgan fingerprint density at radius 2 is 1.81 bits per heavy atom. The van der Waals surface area contributed by atoms with Gasteiger partial charge in [0, 0.05) is 56.0 Å². The van der Waals surface area contributed by atoms with E-state index in [2.05, 4.69) is 20.1 Å². The first kappa shape index (κ1) is 33.3. The quantitative estimate of drug-likeness (QED) is 0.207. The fraction of sp³-hybridized carbons (Fsp3) is 0.371. The Morgan fingerprint density at radius 3 is 2.55 bits per heavy atom. The largest absolute Gasteiger partial charge is 0.480 e. The number of benzene rings is 2. The number of hydrogen-bond donors (Lipinski definition) is 3. The number of halogens is 2. The van der Waals surface area contributed by atoms with Crippen molar-refractivity contribution in [1.29, 1.82) is 0 Å². The number of amides is 1. The van der Waals surface area contributed by atoms with E-state index in [1.54, 1.807) is 19.4 Å². The lowest BCUT2D eigenvalue weighted by molar-refractivity contribution is 0.102. The summed E-state index contributed by atoms with van der Waals surface area (Å²) < 4.78 is 5.62. The Labute approximate surface area is 284 Å². The standard InChI is InChI=1S/C35H38Cl2N6O4/c1-21-15-28(39-30-18-42(13-14-44)12-10-23(21)30)34(46)40-27-8-4-6-25(33(27)37)24-5-3-7-26(32(24)36)29-16-38-31(35(41-29)47-2)19-43-11-9-22(17-43)20-45/h3-8,15-16,22,44-45H,9-14,17-20H2,1-2H3,(H,40,46). The molecular formula is C35H38Cl2N6O4. The Balaban J connectivity index is 1.24. The Kier molecular flexibility index (Phi) is 10.4. The first-order valence-corrected chi connectivity index (χ1v) is 16.5. The molecule has 246 valence electrons. The van der Waals surface area contributed by atoms with E-state index in [0.717, 1.165) is 55.0 Å². The molecule has 12 heteroatoms. The minimum atomic E-state index is -0.364. The highest BCUT2D eigenvalue weighted by molar-refractivity contribution is 6.39. The lowest BCUT2D eigenvalue weighted by Crippen LogP contribution is -2.34. The minimum absolute atomic E-state index is 0.0794. The van der Waals surface area contributed by atoms with Crippen molar-refractivity contribution in [3.05, 3.63) is 86.9 Å². The molecule has 1 atom stereocenters. The number of nitrogens with zero attached hydrogens (tertiary/aromatic N) is 5. The van der Waals surface area contributed by atoms with Crippen LogP contribution in [-0.4, -0.2) is 87.4 Å². The van der Waals surface area contributed by atoms with Gasteiger partial charge in [-0.05, 0) is 55.5 Å². The SMILES string of the molecule is COc1nc(-c2cccc(-c3cccc(NC(=O)c4cc(C)c5c(n4)CN(CCO)CC5)c3Cl)c2Cl)cnc1CN1CCC(CO)C1.